The number of aliphatic imine (C=N–C) groups is 1. The highest BCUT2D eigenvalue weighted by molar-refractivity contribution is 14.0. The fraction of sp³-hybridized carbons (Fsp3) is 0.800. The first-order valence-corrected chi connectivity index (χ1v) is 10.2. The monoisotopic (exact) mass is 554 g/mol. The maximum Gasteiger partial charge on any atom is 0.511 e. The second kappa shape index (κ2) is 9.76. The molecule has 1 fully saturated rings. The molecule has 1 aromatic rings. The molecule has 0 aliphatic carbocycles. The molecule has 2 heterocycles. The van der Waals surface area contributed by atoms with Crippen LogP contribution in [0.25, 0.3) is 0 Å². The molecule has 0 bridgehead atoms. The molecule has 0 aromatic carbocycles. The van der Waals surface area contributed by atoms with Gasteiger partial charge in [0.25, 0.3) is 0 Å². The summed E-state index contributed by atoms with van der Waals surface area (Å²) in [6, 6.07) is -0.207. The van der Waals surface area contributed by atoms with Gasteiger partial charge in [-0.1, -0.05) is 25.9 Å². The van der Waals surface area contributed by atoms with Gasteiger partial charge in [0.05, 0.1) is 6.54 Å². The highest BCUT2D eigenvalue weighted by atomic mass is 127. The number of guanidine groups is 1. The van der Waals surface area contributed by atoms with E-state index in [-0.39, 0.29) is 67.9 Å². The molecule has 2 rings (SSSR count). The minimum Gasteiger partial charge on any atom is -0.354 e. The number of nitrogens with zero attached hydrogens (tertiary/aromatic N) is 4. The normalized spacial score (nSPS) is 17.7. The lowest BCUT2D eigenvalue weighted by Crippen LogP contribution is -2.51. The van der Waals surface area contributed by atoms with E-state index in [1.54, 1.807) is 7.05 Å². The van der Waals surface area contributed by atoms with E-state index in [0.717, 1.165) is 0 Å². The molecule has 14 heteroatoms. The number of nitrogens with one attached hydrogen (secondary N) is 2. The maximum absolute atomic E-state index is 12.6. The lowest BCUT2D eigenvalue weighted by Gasteiger charge is -2.32. The van der Waals surface area contributed by atoms with Gasteiger partial charge >= 0.3 is 15.5 Å². The van der Waals surface area contributed by atoms with Crippen molar-refractivity contribution in [1.29, 1.82) is 0 Å². The van der Waals surface area contributed by atoms with E-state index in [2.05, 4.69) is 25.8 Å². The zero-order valence-electron chi connectivity index (χ0n) is 16.6. The number of hydrogen-bond acceptors (Lipinski definition) is 6. The minimum atomic E-state index is -5.28. The van der Waals surface area contributed by atoms with Gasteiger partial charge in [0, 0.05) is 31.6 Å². The summed E-state index contributed by atoms with van der Waals surface area (Å²) in [6.45, 7) is 5.67. The Bertz CT molecular complexity index is 799. The summed E-state index contributed by atoms with van der Waals surface area (Å²) in [5.41, 5.74) is -5.54. The minimum absolute atomic E-state index is 0. The van der Waals surface area contributed by atoms with Crippen molar-refractivity contribution in [3.8, 4) is 0 Å². The van der Waals surface area contributed by atoms with Crippen molar-refractivity contribution in [2.75, 3.05) is 20.1 Å². The molecular formula is C15H26F3IN6O3S. The summed E-state index contributed by atoms with van der Waals surface area (Å²) >= 11 is 0. The molecule has 0 spiro atoms. The highest BCUT2D eigenvalue weighted by Gasteiger charge is 2.50. The molecule has 0 saturated carbocycles. The van der Waals surface area contributed by atoms with Crippen molar-refractivity contribution in [3.05, 3.63) is 11.7 Å². The number of hydrogen-bond donors (Lipinski definition) is 2. The van der Waals surface area contributed by atoms with Gasteiger partial charge < -0.3 is 15.2 Å². The largest absolute Gasteiger partial charge is 0.511 e. The zero-order chi connectivity index (χ0) is 21.2. The standard InChI is InChI=1S/C15H25F3N6O3S.HI/c1-14(2,3)12-22-11(23-27-12)9-20-13(19-4)21-10-5-7-24(8-6-10)28(25,26)15(16,17)18;/h10H,5-9H2,1-4H3,(H2,19,20,21);1H. The van der Waals surface area contributed by atoms with E-state index in [4.69, 9.17) is 4.52 Å². The Kier molecular flexibility index (Phi) is 8.71. The Morgan fingerprint density at radius 1 is 1.28 bits per heavy atom. The molecule has 168 valence electrons. The number of rotatable bonds is 4. The van der Waals surface area contributed by atoms with Gasteiger partial charge in [-0.25, -0.2) is 8.42 Å². The maximum atomic E-state index is 12.6. The summed E-state index contributed by atoms with van der Waals surface area (Å²) in [6.07, 6.45) is 0.457. The zero-order valence-corrected chi connectivity index (χ0v) is 19.7. The van der Waals surface area contributed by atoms with Crippen LogP contribution in [0.15, 0.2) is 9.52 Å². The molecule has 0 radical (unpaired) electrons. The van der Waals surface area contributed by atoms with Gasteiger partial charge in [-0.2, -0.15) is 22.5 Å². The smallest absolute Gasteiger partial charge is 0.354 e. The van der Waals surface area contributed by atoms with E-state index in [9.17, 15) is 21.6 Å². The second-order valence-electron chi connectivity index (χ2n) is 7.46. The number of sulfonamides is 1. The van der Waals surface area contributed by atoms with Crippen LogP contribution in [0.3, 0.4) is 0 Å². The first-order chi connectivity index (χ1) is 12.8. The van der Waals surface area contributed by atoms with Crippen LogP contribution in [0.2, 0.25) is 0 Å². The third kappa shape index (κ3) is 6.67. The molecule has 0 unspecified atom stereocenters. The third-order valence-electron chi connectivity index (χ3n) is 4.17. The lowest BCUT2D eigenvalue weighted by molar-refractivity contribution is -0.0494. The predicted molar refractivity (Wildman–Crippen MR) is 111 cm³/mol. The van der Waals surface area contributed by atoms with E-state index in [0.29, 0.717) is 22.0 Å². The van der Waals surface area contributed by atoms with E-state index < -0.39 is 15.5 Å². The van der Waals surface area contributed by atoms with Crippen molar-refractivity contribution in [2.24, 2.45) is 4.99 Å². The van der Waals surface area contributed by atoms with E-state index >= 15 is 0 Å². The summed E-state index contributed by atoms with van der Waals surface area (Å²) in [5, 5.41) is 9.96. The van der Waals surface area contributed by atoms with Crippen molar-refractivity contribution in [3.63, 3.8) is 0 Å². The highest BCUT2D eigenvalue weighted by Crippen LogP contribution is 2.29. The summed E-state index contributed by atoms with van der Waals surface area (Å²) < 4.78 is 66.4. The molecular weight excluding hydrogens is 528 g/mol. The molecule has 1 saturated heterocycles. The first kappa shape index (κ1) is 25.9. The number of halogens is 4. The summed E-state index contributed by atoms with van der Waals surface area (Å²) in [7, 11) is -3.73. The molecule has 1 aromatic heterocycles. The van der Waals surface area contributed by atoms with Crippen LogP contribution in [0, 0.1) is 0 Å². The quantitative estimate of drug-likeness (QED) is 0.333. The van der Waals surface area contributed by atoms with Crippen LogP contribution in [-0.2, 0) is 22.0 Å². The fourth-order valence-corrected chi connectivity index (χ4v) is 3.55. The second-order valence-corrected chi connectivity index (χ2v) is 9.39. The van der Waals surface area contributed by atoms with Crippen LogP contribution in [0.5, 0.6) is 0 Å². The van der Waals surface area contributed by atoms with Crippen LogP contribution in [0.4, 0.5) is 13.2 Å². The van der Waals surface area contributed by atoms with Gasteiger partial charge in [-0.3, -0.25) is 4.99 Å². The van der Waals surface area contributed by atoms with Crippen molar-refractivity contribution in [1.82, 2.24) is 25.1 Å². The fourth-order valence-electron chi connectivity index (χ4n) is 2.57. The summed E-state index contributed by atoms with van der Waals surface area (Å²) in [4.78, 5) is 8.35. The van der Waals surface area contributed by atoms with Gasteiger partial charge in [0.15, 0.2) is 11.8 Å². The average Bonchev–Trinajstić information content (AvgIpc) is 3.07. The van der Waals surface area contributed by atoms with E-state index in [1.165, 1.54) is 0 Å². The number of piperidine rings is 1. The Morgan fingerprint density at radius 3 is 2.31 bits per heavy atom. The van der Waals surface area contributed by atoms with Crippen LogP contribution < -0.4 is 10.6 Å². The van der Waals surface area contributed by atoms with Crippen molar-refractivity contribution >= 4 is 40.0 Å². The number of aromatic nitrogens is 2. The predicted octanol–water partition coefficient (Wildman–Crippen LogP) is 1.96. The Morgan fingerprint density at radius 2 is 1.86 bits per heavy atom. The average molecular weight is 554 g/mol. The van der Waals surface area contributed by atoms with Gasteiger partial charge in [0.1, 0.15) is 0 Å². The topological polar surface area (TPSA) is 113 Å². The molecule has 0 atom stereocenters. The SMILES string of the molecule is CN=C(NCc1noc(C(C)(C)C)n1)NC1CCN(S(=O)(=O)C(F)(F)F)CC1.I. The van der Waals surface area contributed by atoms with Crippen molar-refractivity contribution in [2.45, 2.75) is 57.1 Å². The van der Waals surface area contributed by atoms with Gasteiger partial charge in [0.2, 0.25) is 5.89 Å². The van der Waals surface area contributed by atoms with Gasteiger partial charge in [-0.05, 0) is 12.8 Å². The van der Waals surface area contributed by atoms with Crippen LogP contribution >= 0.6 is 24.0 Å². The Hall–Kier alpha value is -1.16. The molecule has 29 heavy (non-hydrogen) atoms. The van der Waals surface area contributed by atoms with Crippen LogP contribution in [-0.4, -0.2) is 60.5 Å². The summed E-state index contributed by atoms with van der Waals surface area (Å²) in [5.74, 6) is 1.36. The van der Waals surface area contributed by atoms with Gasteiger partial charge in [-0.15, -0.1) is 24.0 Å². The third-order valence-corrected chi connectivity index (χ3v) is 5.80. The lowest BCUT2D eigenvalue weighted by atomic mass is 9.97. The molecule has 0 amide bonds. The Balaban J connectivity index is 0.00000420. The van der Waals surface area contributed by atoms with E-state index in [1.807, 2.05) is 20.8 Å². The number of alkyl halides is 3. The molecule has 1 aliphatic rings. The first-order valence-electron chi connectivity index (χ1n) is 8.71. The van der Waals surface area contributed by atoms with Crippen LogP contribution in [0.1, 0.15) is 45.3 Å². The molecule has 2 N–H and O–H groups in total. The Labute approximate surface area is 185 Å². The molecule has 9 nitrogen and oxygen atoms in total. The van der Waals surface area contributed by atoms with Crippen molar-refractivity contribution < 1.29 is 26.1 Å². The molecule has 1 aliphatic heterocycles.